The van der Waals surface area contributed by atoms with E-state index >= 15 is 0 Å². The van der Waals surface area contributed by atoms with Crippen LogP contribution >= 0.6 is 0 Å². The predicted molar refractivity (Wildman–Crippen MR) is 71.0 cm³/mol. The molecule has 2 atom stereocenters. The number of nitrogens with zero attached hydrogens (tertiary/aromatic N) is 2. The van der Waals surface area contributed by atoms with Gasteiger partial charge in [0.2, 0.25) is 5.91 Å². The fourth-order valence-corrected chi connectivity index (χ4v) is 2.41. The van der Waals surface area contributed by atoms with Gasteiger partial charge in [-0.05, 0) is 26.3 Å². The van der Waals surface area contributed by atoms with E-state index in [9.17, 15) is 4.79 Å². The summed E-state index contributed by atoms with van der Waals surface area (Å²) in [5.41, 5.74) is 0. The lowest BCUT2D eigenvalue weighted by atomic mass is 10.1. The molecule has 1 aliphatic rings. The second kappa shape index (κ2) is 6.36. The lowest BCUT2D eigenvalue weighted by Gasteiger charge is -2.31. The van der Waals surface area contributed by atoms with Crippen LogP contribution in [0.25, 0.3) is 0 Å². The van der Waals surface area contributed by atoms with Crippen LogP contribution < -0.4 is 5.32 Å². The molecule has 0 saturated carbocycles. The second-order valence-electron chi connectivity index (χ2n) is 5.55. The number of hydrogen-bond donors (Lipinski definition) is 1. The lowest BCUT2D eigenvalue weighted by Crippen LogP contribution is -2.51. The third kappa shape index (κ3) is 3.68. The van der Waals surface area contributed by atoms with Crippen LogP contribution in [0, 0.1) is 5.92 Å². The summed E-state index contributed by atoms with van der Waals surface area (Å²) in [6.45, 7) is 9.30. The van der Waals surface area contributed by atoms with Crippen molar-refractivity contribution in [2.24, 2.45) is 5.92 Å². The molecule has 1 fully saturated rings. The zero-order chi connectivity index (χ0) is 13.0. The molecule has 0 aromatic carbocycles. The predicted octanol–water partition coefficient (Wildman–Crippen LogP) is 0.783. The number of likely N-dealkylation sites (N-methyl/N-ethyl adjacent to an activating group) is 2. The molecular weight excluding hydrogens is 214 g/mol. The summed E-state index contributed by atoms with van der Waals surface area (Å²) in [4.78, 5) is 16.6. The first kappa shape index (κ1) is 14.5. The molecule has 1 aliphatic heterocycles. The van der Waals surface area contributed by atoms with Crippen LogP contribution in [0.4, 0.5) is 0 Å². The smallest absolute Gasteiger partial charge is 0.241 e. The van der Waals surface area contributed by atoms with Gasteiger partial charge in [-0.3, -0.25) is 9.69 Å². The maximum absolute atomic E-state index is 12.4. The molecule has 1 N–H and O–H groups in total. The average Bonchev–Trinajstić information content (AvgIpc) is 2.36. The van der Waals surface area contributed by atoms with Gasteiger partial charge in [-0.1, -0.05) is 13.8 Å². The van der Waals surface area contributed by atoms with E-state index in [4.69, 9.17) is 0 Å². The van der Waals surface area contributed by atoms with Gasteiger partial charge in [0.05, 0.1) is 0 Å². The zero-order valence-corrected chi connectivity index (χ0v) is 11.9. The van der Waals surface area contributed by atoms with Gasteiger partial charge in [0.15, 0.2) is 0 Å². The van der Waals surface area contributed by atoms with Crippen LogP contribution in [0.5, 0.6) is 0 Å². The van der Waals surface area contributed by atoms with Crippen molar-refractivity contribution in [1.29, 1.82) is 0 Å². The molecule has 1 amide bonds. The van der Waals surface area contributed by atoms with Crippen LogP contribution in [0.3, 0.4) is 0 Å². The Labute approximate surface area is 105 Å². The monoisotopic (exact) mass is 241 g/mol. The van der Waals surface area contributed by atoms with E-state index in [1.54, 1.807) is 0 Å². The standard InChI is InChI=1S/C13H27N3O/c1-10(2)9-16-7-6-11(3)15(5)13(17)12(16)8-14-4/h10-12,14H,6-9H2,1-5H3. The Balaban J connectivity index is 2.82. The highest BCUT2D eigenvalue weighted by atomic mass is 16.2. The summed E-state index contributed by atoms with van der Waals surface area (Å²) < 4.78 is 0. The average molecular weight is 241 g/mol. The normalized spacial score (nSPS) is 27.6. The number of hydrogen-bond acceptors (Lipinski definition) is 3. The molecule has 17 heavy (non-hydrogen) atoms. The maximum atomic E-state index is 12.4. The minimum atomic E-state index is -0.00245. The highest BCUT2D eigenvalue weighted by Gasteiger charge is 2.33. The van der Waals surface area contributed by atoms with Crippen molar-refractivity contribution in [2.45, 2.75) is 39.3 Å². The fourth-order valence-electron chi connectivity index (χ4n) is 2.41. The maximum Gasteiger partial charge on any atom is 0.241 e. The number of rotatable bonds is 4. The topological polar surface area (TPSA) is 35.6 Å². The molecule has 0 spiro atoms. The molecule has 4 heteroatoms. The van der Waals surface area contributed by atoms with Gasteiger partial charge in [-0.2, -0.15) is 0 Å². The molecule has 0 aromatic heterocycles. The van der Waals surface area contributed by atoms with E-state index in [-0.39, 0.29) is 11.9 Å². The molecule has 0 radical (unpaired) electrons. The van der Waals surface area contributed by atoms with Crippen LogP contribution in [-0.2, 0) is 4.79 Å². The molecule has 1 saturated heterocycles. The van der Waals surface area contributed by atoms with E-state index in [0.717, 1.165) is 26.1 Å². The third-order valence-electron chi connectivity index (χ3n) is 3.57. The fraction of sp³-hybridized carbons (Fsp3) is 0.923. The molecular formula is C13H27N3O. The van der Waals surface area contributed by atoms with Gasteiger partial charge in [0, 0.05) is 32.7 Å². The number of amides is 1. The van der Waals surface area contributed by atoms with Crippen molar-refractivity contribution in [3.05, 3.63) is 0 Å². The Morgan fingerprint density at radius 1 is 1.47 bits per heavy atom. The lowest BCUT2D eigenvalue weighted by molar-refractivity contribution is -0.135. The van der Waals surface area contributed by atoms with Crippen molar-refractivity contribution >= 4 is 5.91 Å². The minimum Gasteiger partial charge on any atom is -0.342 e. The van der Waals surface area contributed by atoms with Gasteiger partial charge in [-0.25, -0.2) is 0 Å². The van der Waals surface area contributed by atoms with E-state index in [1.807, 2.05) is 19.0 Å². The molecule has 100 valence electrons. The van der Waals surface area contributed by atoms with Crippen molar-refractivity contribution in [1.82, 2.24) is 15.1 Å². The number of nitrogens with one attached hydrogen (secondary N) is 1. The van der Waals surface area contributed by atoms with Crippen molar-refractivity contribution in [2.75, 3.05) is 33.7 Å². The van der Waals surface area contributed by atoms with Gasteiger partial charge in [0.25, 0.3) is 0 Å². The molecule has 4 nitrogen and oxygen atoms in total. The van der Waals surface area contributed by atoms with Gasteiger partial charge >= 0.3 is 0 Å². The second-order valence-corrected chi connectivity index (χ2v) is 5.55. The summed E-state index contributed by atoms with van der Waals surface area (Å²) in [5.74, 6) is 0.853. The molecule has 0 bridgehead atoms. The first-order valence-electron chi connectivity index (χ1n) is 6.62. The third-order valence-corrected chi connectivity index (χ3v) is 3.57. The minimum absolute atomic E-state index is 0.00245. The van der Waals surface area contributed by atoms with E-state index in [0.29, 0.717) is 12.0 Å². The van der Waals surface area contributed by atoms with Crippen LogP contribution in [-0.4, -0.2) is 61.5 Å². The van der Waals surface area contributed by atoms with E-state index in [2.05, 4.69) is 31.0 Å². The van der Waals surface area contributed by atoms with E-state index < -0.39 is 0 Å². The van der Waals surface area contributed by atoms with Gasteiger partial charge in [-0.15, -0.1) is 0 Å². The Morgan fingerprint density at radius 3 is 2.65 bits per heavy atom. The molecule has 1 heterocycles. The highest BCUT2D eigenvalue weighted by molar-refractivity contribution is 5.82. The van der Waals surface area contributed by atoms with Crippen LogP contribution in [0.15, 0.2) is 0 Å². The van der Waals surface area contributed by atoms with Crippen molar-refractivity contribution < 1.29 is 4.79 Å². The van der Waals surface area contributed by atoms with Gasteiger partial charge in [0.1, 0.15) is 6.04 Å². The Bertz CT molecular complexity index is 255. The van der Waals surface area contributed by atoms with Crippen LogP contribution in [0.1, 0.15) is 27.2 Å². The summed E-state index contributed by atoms with van der Waals surface area (Å²) >= 11 is 0. The summed E-state index contributed by atoms with van der Waals surface area (Å²) in [6, 6.07) is 0.344. The van der Waals surface area contributed by atoms with Crippen molar-refractivity contribution in [3.8, 4) is 0 Å². The first-order valence-corrected chi connectivity index (χ1v) is 6.62. The molecule has 2 unspecified atom stereocenters. The summed E-state index contributed by atoms with van der Waals surface area (Å²) in [6.07, 6.45) is 1.06. The highest BCUT2D eigenvalue weighted by Crippen LogP contribution is 2.16. The van der Waals surface area contributed by atoms with Crippen molar-refractivity contribution in [3.63, 3.8) is 0 Å². The number of carbonyl (C=O) groups excluding carboxylic acids is 1. The Hall–Kier alpha value is -0.610. The Kier molecular flexibility index (Phi) is 5.40. The quantitative estimate of drug-likeness (QED) is 0.790. The van der Waals surface area contributed by atoms with Crippen LogP contribution in [0.2, 0.25) is 0 Å². The summed E-state index contributed by atoms with van der Waals surface area (Å²) in [5, 5.41) is 3.15. The Morgan fingerprint density at radius 2 is 2.12 bits per heavy atom. The summed E-state index contributed by atoms with van der Waals surface area (Å²) in [7, 11) is 3.84. The molecule has 0 aliphatic carbocycles. The van der Waals surface area contributed by atoms with E-state index in [1.165, 1.54) is 0 Å². The first-order chi connectivity index (χ1) is 7.97. The molecule has 0 aromatic rings. The molecule has 1 rings (SSSR count). The zero-order valence-electron chi connectivity index (χ0n) is 11.9. The van der Waals surface area contributed by atoms with Gasteiger partial charge < -0.3 is 10.2 Å². The largest absolute Gasteiger partial charge is 0.342 e. The SMILES string of the molecule is CNCC1C(=O)N(C)C(C)CCN1CC(C)C. The number of carbonyl (C=O) groups is 1.